The number of hydrogen-bond acceptors (Lipinski definition) is 5. The van der Waals surface area contributed by atoms with Gasteiger partial charge in [0.15, 0.2) is 0 Å². The maximum Gasteiger partial charge on any atom is 0.270 e. The van der Waals surface area contributed by atoms with E-state index in [1.807, 2.05) is 0 Å². The van der Waals surface area contributed by atoms with Gasteiger partial charge >= 0.3 is 0 Å². The molecule has 0 aromatic heterocycles. The Morgan fingerprint density at radius 2 is 1.92 bits per heavy atom. The van der Waals surface area contributed by atoms with Crippen LogP contribution in [0.3, 0.4) is 0 Å². The average molecular weight is 329 g/mol. The number of nitrogens with zero attached hydrogens (tertiary/aromatic N) is 1. The second kappa shape index (κ2) is 6.82. The fraction of sp³-hybridized carbons (Fsp3) is 0.0588. The normalized spacial score (nSPS) is 10.1. The van der Waals surface area contributed by atoms with Crippen molar-refractivity contribution in [3.8, 4) is 5.75 Å². The van der Waals surface area contributed by atoms with Crippen molar-refractivity contribution in [2.24, 2.45) is 0 Å². The molecule has 0 saturated heterocycles. The zero-order valence-electron chi connectivity index (χ0n) is 13.0. The van der Waals surface area contributed by atoms with Crippen LogP contribution in [0.4, 0.5) is 21.5 Å². The van der Waals surface area contributed by atoms with E-state index in [1.54, 1.807) is 13.0 Å². The monoisotopic (exact) mass is 329 g/mol. The number of phenols is 1. The highest BCUT2D eigenvalue weighted by atomic mass is 19.1. The van der Waals surface area contributed by atoms with Crippen molar-refractivity contribution in [1.29, 1.82) is 0 Å². The molecular weight excluding hydrogens is 313 g/mol. The van der Waals surface area contributed by atoms with Gasteiger partial charge in [0, 0.05) is 34.8 Å². The molecule has 6 nitrogen and oxygen atoms in total. The van der Waals surface area contributed by atoms with Crippen molar-refractivity contribution in [2.75, 3.05) is 10.6 Å². The highest BCUT2D eigenvalue weighted by molar-refractivity contribution is 5.80. The van der Waals surface area contributed by atoms with Crippen LogP contribution in [0.25, 0.3) is 5.70 Å². The molecule has 2 aromatic carbocycles. The lowest BCUT2D eigenvalue weighted by Gasteiger charge is -2.13. The number of nitrogens with one attached hydrogen (secondary N) is 2. The number of allylic oxidation sites excluding steroid dienone is 1. The Morgan fingerprint density at radius 3 is 2.50 bits per heavy atom. The maximum atomic E-state index is 14.1. The number of phenolic OH excluding ortho intramolecular Hbond substituents is 1. The molecule has 0 heterocycles. The van der Waals surface area contributed by atoms with Crippen LogP contribution in [0.15, 0.2) is 55.3 Å². The van der Waals surface area contributed by atoms with E-state index in [-0.39, 0.29) is 28.4 Å². The predicted molar refractivity (Wildman–Crippen MR) is 92.3 cm³/mol. The standard InChI is InChI=1S/C17H16FN3O3/c1-10(2)19-12-4-6-16(15(18)8-12)20-11(3)14-9-13(21(23)24)5-7-17(14)22/h4-9,19-20,22H,1,3H2,2H3. The molecule has 0 aliphatic heterocycles. The molecule has 0 radical (unpaired) electrons. The Hall–Kier alpha value is -3.35. The number of anilines is 2. The largest absolute Gasteiger partial charge is 0.507 e. The van der Waals surface area contributed by atoms with E-state index >= 15 is 0 Å². The molecule has 2 rings (SSSR count). The van der Waals surface area contributed by atoms with Crippen LogP contribution >= 0.6 is 0 Å². The SMILES string of the molecule is C=C(C)Nc1ccc(NC(=C)c2cc([N+](=O)[O-])ccc2O)c(F)c1. The summed E-state index contributed by atoms with van der Waals surface area (Å²) < 4.78 is 14.1. The van der Waals surface area contributed by atoms with Gasteiger partial charge in [0.1, 0.15) is 11.6 Å². The van der Waals surface area contributed by atoms with Gasteiger partial charge in [-0.2, -0.15) is 0 Å². The number of hydrogen-bond donors (Lipinski definition) is 3. The lowest BCUT2D eigenvalue weighted by molar-refractivity contribution is -0.384. The van der Waals surface area contributed by atoms with E-state index in [1.165, 1.54) is 30.3 Å². The fourth-order valence-electron chi connectivity index (χ4n) is 2.05. The van der Waals surface area contributed by atoms with E-state index in [2.05, 4.69) is 23.8 Å². The Labute approximate surface area is 138 Å². The summed E-state index contributed by atoms with van der Waals surface area (Å²) in [6.07, 6.45) is 0. The van der Waals surface area contributed by atoms with Gasteiger partial charge in [0.25, 0.3) is 5.69 Å². The molecular formula is C17H16FN3O3. The third-order valence-corrected chi connectivity index (χ3v) is 3.13. The van der Waals surface area contributed by atoms with Crippen molar-refractivity contribution in [1.82, 2.24) is 0 Å². The summed E-state index contributed by atoms with van der Waals surface area (Å²) in [7, 11) is 0. The van der Waals surface area contributed by atoms with Gasteiger partial charge in [-0.15, -0.1) is 0 Å². The Morgan fingerprint density at radius 1 is 1.21 bits per heavy atom. The lowest BCUT2D eigenvalue weighted by atomic mass is 10.1. The second-order valence-corrected chi connectivity index (χ2v) is 5.16. The molecule has 3 N–H and O–H groups in total. The molecule has 2 aromatic rings. The van der Waals surface area contributed by atoms with E-state index in [0.29, 0.717) is 11.4 Å². The first kappa shape index (κ1) is 17.0. The fourth-order valence-corrected chi connectivity index (χ4v) is 2.05. The van der Waals surface area contributed by atoms with Crippen LogP contribution in [0.2, 0.25) is 0 Å². The van der Waals surface area contributed by atoms with E-state index in [4.69, 9.17) is 0 Å². The number of nitro groups is 1. The van der Waals surface area contributed by atoms with Crippen LogP contribution in [0, 0.1) is 15.9 Å². The molecule has 0 unspecified atom stereocenters. The van der Waals surface area contributed by atoms with Crippen molar-refractivity contribution >= 4 is 22.8 Å². The summed E-state index contributed by atoms with van der Waals surface area (Å²) in [6, 6.07) is 7.93. The first-order valence-electron chi connectivity index (χ1n) is 6.93. The third-order valence-electron chi connectivity index (χ3n) is 3.13. The summed E-state index contributed by atoms with van der Waals surface area (Å²) in [6.45, 7) is 9.13. The Balaban J connectivity index is 2.25. The molecule has 124 valence electrons. The minimum atomic E-state index is -0.588. The molecule has 7 heteroatoms. The van der Waals surface area contributed by atoms with Crippen molar-refractivity contribution < 1.29 is 14.4 Å². The summed E-state index contributed by atoms with van der Waals surface area (Å²) >= 11 is 0. The van der Waals surface area contributed by atoms with Crippen molar-refractivity contribution in [3.63, 3.8) is 0 Å². The smallest absolute Gasteiger partial charge is 0.270 e. The van der Waals surface area contributed by atoms with Crippen LogP contribution in [-0.4, -0.2) is 10.0 Å². The number of rotatable bonds is 6. The number of benzene rings is 2. The average Bonchev–Trinajstić information content (AvgIpc) is 2.49. The number of halogens is 1. The maximum absolute atomic E-state index is 14.1. The molecule has 24 heavy (non-hydrogen) atoms. The Kier molecular flexibility index (Phi) is 4.84. The summed E-state index contributed by atoms with van der Waals surface area (Å²) in [5.74, 6) is -0.744. The minimum absolute atomic E-state index is 0.118. The summed E-state index contributed by atoms with van der Waals surface area (Å²) in [5.41, 5.74) is 1.38. The van der Waals surface area contributed by atoms with Crippen LogP contribution < -0.4 is 10.6 Å². The number of non-ortho nitro benzene ring substituents is 1. The molecule has 0 amide bonds. The van der Waals surface area contributed by atoms with Gasteiger partial charge in [-0.05, 0) is 31.2 Å². The van der Waals surface area contributed by atoms with Crippen LogP contribution in [0.5, 0.6) is 5.75 Å². The highest BCUT2D eigenvalue weighted by Gasteiger charge is 2.14. The van der Waals surface area contributed by atoms with E-state index < -0.39 is 10.7 Å². The molecule has 0 aliphatic carbocycles. The number of aromatic hydroxyl groups is 1. The lowest BCUT2D eigenvalue weighted by Crippen LogP contribution is -2.02. The first-order valence-corrected chi connectivity index (χ1v) is 6.93. The second-order valence-electron chi connectivity index (χ2n) is 5.16. The van der Waals surface area contributed by atoms with Gasteiger partial charge < -0.3 is 15.7 Å². The molecule has 0 fully saturated rings. The van der Waals surface area contributed by atoms with E-state index in [9.17, 15) is 19.6 Å². The third kappa shape index (κ3) is 3.89. The Bertz CT molecular complexity index is 834. The van der Waals surface area contributed by atoms with Gasteiger partial charge in [0.05, 0.1) is 10.6 Å². The first-order chi connectivity index (χ1) is 11.3. The quantitative estimate of drug-likeness (QED) is 0.538. The molecule has 0 aliphatic rings. The molecule has 0 spiro atoms. The molecule has 0 bridgehead atoms. The molecule has 0 atom stereocenters. The topological polar surface area (TPSA) is 87.4 Å². The summed E-state index contributed by atoms with van der Waals surface area (Å²) in [4.78, 5) is 10.2. The van der Waals surface area contributed by atoms with Gasteiger partial charge in [-0.3, -0.25) is 10.1 Å². The van der Waals surface area contributed by atoms with Crippen molar-refractivity contribution in [2.45, 2.75) is 6.92 Å². The summed E-state index contributed by atoms with van der Waals surface area (Å²) in [5, 5.41) is 26.3. The predicted octanol–water partition coefficient (Wildman–Crippen LogP) is 4.47. The minimum Gasteiger partial charge on any atom is -0.507 e. The van der Waals surface area contributed by atoms with E-state index in [0.717, 1.165) is 0 Å². The zero-order valence-corrected chi connectivity index (χ0v) is 13.0. The zero-order chi connectivity index (χ0) is 17.9. The van der Waals surface area contributed by atoms with Crippen LogP contribution in [-0.2, 0) is 0 Å². The van der Waals surface area contributed by atoms with Gasteiger partial charge in [-0.1, -0.05) is 13.2 Å². The van der Waals surface area contributed by atoms with Gasteiger partial charge in [0.2, 0.25) is 0 Å². The highest BCUT2D eigenvalue weighted by Crippen LogP contribution is 2.30. The molecule has 0 saturated carbocycles. The van der Waals surface area contributed by atoms with Crippen molar-refractivity contribution in [3.05, 3.63) is 76.7 Å². The van der Waals surface area contributed by atoms with Gasteiger partial charge in [-0.25, -0.2) is 4.39 Å². The van der Waals surface area contributed by atoms with Crippen LogP contribution in [0.1, 0.15) is 12.5 Å². The number of nitro benzene ring substituents is 1.